The molecule has 1 atom stereocenters. The number of hydrogen-bond acceptors (Lipinski definition) is 4. The molecular weight excluding hydrogens is 244 g/mol. The van der Waals surface area contributed by atoms with Crippen LogP contribution in [0.1, 0.15) is 40.0 Å². The van der Waals surface area contributed by atoms with Crippen molar-refractivity contribution in [1.82, 2.24) is 10.2 Å². The van der Waals surface area contributed by atoms with Crippen molar-refractivity contribution in [3.63, 3.8) is 0 Å². The maximum Gasteiger partial charge on any atom is 0.410 e. The van der Waals surface area contributed by atoms with E-state index in [2.05, 4.69) is 5.32 Å². The third-order valence-electron chi connectivity index (χ3n) is 3.60. The van der Waals surface area contributed by atoms with E-state index in [0.717, 1.165) is 19.5 Å². The van der Waals surface area contributed by atoms with Crippen LogP contribution in [0.15, 0.2) is 0 Å². The molecule has 0 spiro atoms. The minimum absolute atomic E-state index is 0.202. The van der Waals surface area contributed by atoms with Crippen molar-refractivity contribution < 1.29 is 14.6 Å². The summed E-state index contributed by atoms with van der Waals surface area (Å²) in [6.07, 6.45) is 3.02. The Balaban J connectivity index is 1.75. The molecule has 2 rings (SSSR count). The van der Waals surface area contributed by atoms with Gasteiger partial charge in [-0.2, -0.15) is 0 Å². The van der Waals surface area contributed by atoms with E-state index in [1.165, 1.54) is 12.8 Å². The summed E-state index contributed by atoms with van der Waals surface area (Å²) in [5, 5.41) is 12.7. The summed E-state index contributed by atoms with van der Waals surface area (Å²) in [6.45, 7) is 7.31. The molecule has 5 heteroatoms. The van der Waals surface area contributed by atoms with E-state index in [-0.39, 0.29) is 12.7 Å². The summed E-state index contributed by atoms with van der Waals surface area (Å²) in [5.74, 6) is 0.445. The van der Waals surface area contributed by atoms with E-state index >= 15 is 0 Å². The highest BCUT2D eigenvalue weighted by molar-refractivity contribution is 5.69. The lowest BCUT2D eigenvalue weighted by molar-refractivity contribution is -0.00829. The van der Waals surface area contributed by atoms with Crippen LogP contribution in [-0.2, 0) is 4.74 Å². The number of ether oxygens (including phenoxy) is 1. The van der Waals surface area contributed by atoms with E-state index in [4.69, 9.17) is 9.84 Å². The Bertz CT molecular complexity index is 317. The molecule has 19 heavy (non-hydrogen) atoms. The standard InChI is InChI=1S/C14H26N2O3/c1-14(2,3)19-13(18)16-8-10(9-16)12(6-7-17)15-11-4-5-11/h10-12,15,17H,4-9H2,1-3H3/t12-/m0/s1. The van der Waals surface area contributed by atoms with E-state index in [1.54, 1.807) is 4.90 Å². The topological polar surface area (TPSA) is 61.8 Å². The second kappa shape index (κ2) is 5.67. The van der Waals surface area contributed by atoms with Crippen LogP contribution in [0.2, 0.25) is 0 Å². The zero-order valence-electron chi connectivity index (χ0n) is 12.2. The molecule has 1 heterocycles. The van der Waals surface area contributed by atoms with Crippen LogP contribution >= 0.6 is 0 Å². The molecule has 1 aliphatic carbocycles. The van der Waals surface area contributed by atoms with Gasteiger partial charge in [0.2, 0.25) is 0 Å². The highest BCUT2D eigenvalue weighted by Gasteiger charge is 2.39. The van der Waals surface area contributed by atoms with Crippen LogP contribution in [0.4, 0.5) is 4.79 Å². The summed E-state index contributed by atoms with van der Waals surface area (Å²) in [4.78, 5) is 13.6. The molecule has 1 amide bonds. The fraction of sp³-hybridized carbons (Fsp3) is 0.929. The number of hydrogen-bond donors (Lipinski definition) is 2. The van der Waals surface area contributed by atoms with Crippen LogP contribution in [0.3, 0.4) is 0 Å². The number of carbonyl (C=O) groups is 1. The molecule has 1 saturated carbocycles. The quantitative estimate of drug-likeness (QED) is 0.792. The zero-order chi connectivity index (χ0) is 14.0. The lowest BCUT2D eigenvalue weighted by atomic mass is 9.90. The largest absolute Gasteiger partial charge is 0.444 e. The third-order valence-corrected chi connectivity index (χ3v) is 3.60. The number of carbonyl (C=O) groups excluding carboxylic acids is 1. The van der Waals surface area contributed by atoms with Gasteiger partial charge in [0.25, 0.3) is 0 Å². The molecule has 0 bridgehead atoms. The van der Waals surface area contributed by atoms with Crippen LogP contribution in [-0.4, -0.2) is 53.5 Å². The first-order chi connectivity index (χ1) is 8.89. The fourth-order valence-corrected chi connectivity index (χ4v) is 2.39. The Labute approximate surface area is 115 Å². The number of aliphatic hydroxyl groups excluding tert-OH is 1. The van der Waals surface area contributed by atoms with E-state index in [0.29, 0.717) is 18.0 Å². The molecule has 2 aliphatic rings. The van der Waals surface area contributed by atoms with Crippen molar-refractivity contribution in [2.24, 2.45) is 5.92 Å². The summed E-state index contributed by atoms with van der Waals surface area (Å²) in [5.41, 5.74) is -0.432. The Hall–Kier alpha value is -0.810. The average Bonchev–Trinajstić information content (AvgIpc) is 2.96. The second-order valence-corrected chi connectivity index (χ2v) is 6.71. The monoisotopic (exact) mass is 270 g/mol. The van der Waals surface area contributed by atoms with Gasteiger partial charge >= 0.3 is 6.09 Å². The van der Waals surface area contributed by atoms with Crippen molar-refractivity contribution in [3.8, 4) is 0 Å². The average molecular weight is 270 g/mol. The van der Waals surface area contributed by atoms with Crippen LogP contribution in [0.25, 0.3) is 0 Å². The number of aliphatic hydroxyl groups is 1. The van der Waals surface area contributed by atoms with Gasteiger partial charge in [-0.25, -0.2) is 4.79 Å². The minimum Gasteiger partial charge on any atom is -0.444 e. The summed E-state index contributed by atoms with van der Waals surface area (Å²) < 4.78 is 5.34. The first-order valence-corrected chi connectivity index (χ1v) is 7.24. The van der Waals surface area contributed by atoms with Crippen LogP contribution in [0, 0.1) is 5.92 Å². The molecule has 2 fully saturated rings. The van der Waals surface area contributed by atoms with Gasteiger partial charge in [-0.15, -0.1) is 0 Å². The van der Waals surface area contributed by atoms with Gasteiger partial charge in [0.15, 0.2) is 0 Å². The van der Waals surface area contributed by atoms with Crippen molar-refractivity contribution in [3.05, 3.63) is 0 Å². The lowest BCUT2D eigenvalue weighted by Gasteiger charge is -2.43. The van der Waals surface area contributed by atoms with Crippen molar-refractivity contribution in [1.29, 1.82) is 0 Å². The maximum atomic E-state index is 11.8. The normalized spacial score (nSPS) is 22.0. The van der Waals surface area contributed by atoms with Gasteiger partial charge in [-0.3, -0.25) is 0 Å². The van der Waals surface area contributed by atoms with E-state index in [1.807, 2.05) is 20.8 Å². The van der Waals surface area contributed by atoms with Crippen LogP contribution in [0.5, 0.6) is 0 Å². The molecule has 0 aromatic rings. The molecular formula is C14H26N2O3. The van der Waals surface area contributed by atoms with Gasteiger partial charge in [-0.05, 0) is 40.0 Å². The summed E-state index contributed by atoms with van der Waals surface area (Å²) in [7, 11) is 0. The highest BCUT2D eigenvalue weighted by atomic mass is 16.6. The Morgan fingerprint density at radius 2 is 2.05 bits per heavy atom. The Kier molecular flexibility index (Phi) is 4.36. The number of nitrogens with zero attached hydrogens (tertiary/aromatic N) is 1. The van der Waals surface area contributed by atoms with Crippen molar-refractivity contribution in [2.75, 3.05) is 19.7 Å². The predicted molar refractivity (Wildman–Crippen MR) is 72.9 cm³/mol. The van der Waals surface area contributed by atoms with Crippen molar-refractivity contribution >= 4 is 6.09 Å². The highest BCUT2D eigenvalue weighted by Crippen LogP contribution is 2.27. The molecule has 5 nitrogen and oxygen atoms in total. The molecule has 1 aliphatic heterocycles. The summed E-state index contributed by atoms with van der Waals surface area (Å²) >= 11 is 0. The van der Waals surface area contributed by atoms with E-state index < -0.39 is 5.60 Å². The number of nitrogens with one attached hydrogen (secondary N) is 1. The third kappa shape index (κ3) is 4.35. The number of rotatable bonds is 5. The van der Waals surface area contributed by atoms with Gasteiger partial charge in [0, 0.05) is 37.7 Å². The zero-order valence-corrected chi connectivity index (χ0v) is 12.2. The first-order valence-electron chi connectivity index (χ1n) is 7.24. The number of likely N-dealkylation sites (tertiary alicyclic amines) is 1. The first kappa shape index (κ1) is 14.6. The molecule has 0 aromatic carbocycles. The smallest absolute Gasteiger partial charge is 0.410 e. The SMILES string of the molecule is CC(C)(C)OC(=O)N1CC([C@H](CCO)NC2CC2)C1. The van der Waals surface area contributed by atoms with Crippen molar-refractivity contribution in [2.45, 2.75) is 57.7 Å². The van der Waals surface area contributed by atoms with Crippen LogP contribution < -0.4 is 5.32 Å². The second-order valence-electron chi connectivity index (χ2n) is 6.71. The maximum absolute atomic E-state index is 11.8. The molecule has 2 N–H and O–H groups in total. The van der Waals surface area contributed by atoms with Gasteiger partial charge < -0.3 is 20.1 Å². The fourth-order valence-electron chi connectivity index (χ4n) is 2.39. The van der Waals surface area contributed by atoms with Gasteiger partial charge in [-0.1, -0.05) is 0 Å². The number of amides is 1. The molecule has 0 radical (unpaired) electrons. The predicted octanol–water partition coefficient (Wildman–Crippen LogP) is 1.36. The van der Waals surface area contributed by atoms with Gasteiger partial charge in [0.1, 0.15) is 5.60 Å². The minimum atomic E-state index is -0.432. The Morgan fingerprint density at radius 1 is 1.42 bits per heavy atom. The molecule has 0 aromatic heterocycles. The van der Waals surface area contributed by atoms with Gasteiger partial charge in [0.05, 0.1) is 0 Å². The summed E-state index contributed by atoms with van der Waals surface area (Å²) in [6, 6.07) is 0.961. The Morgan fingerprint density at radius 3 is 2.53 bits per heavy atom. The molecule has 1 saturated heterocycles. The lowest BCUT2D eigenvalue weighted by Crippen LogP contribution is -2.58. The molecule has 0 unspecified atom stereocenters. The van der Waals surface area contributed by atoms with E-state index in [9.17, 15) is 4.79 Å². The molecule has 110 valence electrons.